The van der Waals surface area contributed by atoms with E-state index < -0.39 is 0 Å². The summed E-state index contributed by atoms with van der Waals surface area (Å²) in [5.41, 5.74) is 4.11. The number of hydrogen-bond donors (Lipinski definition) is 0. The summed E-state index contributed by atoms with van der Waals surface area (Å²) < 4.78 is 0. The van der Waals surface area contributed by atoms with Crippen molar-refractivity contribution in [1.82, 2.24) is 19.8 Å². The molecule has 0 spiro atoms. The molecule has 2 fully saturated rings. The van der Waals surface area contributed by atoms with E-state index in [0.717, 1.165) is 45.1 Å². The van der Waals surface area contributed by atoms with Crippen LogP contribution in [0.4, 0.5) is 0 Å². The van der Waals surface area contributed by atoms with Crippen molar-refractivity contribution in [2.24, 2.45) is 0 Å². The van der Waals surface area contributed by atoms with Crippen LogP contribution in [0.5, 0.6) is 0 Å². The minimum Gasteiger partial charge on any atom is -0.297 e. The minimum atomic E-state index is 0.595. The van der Waals surface area contributed by atoms with Gasteiger partial charge < -0.3 is 0 Å². The fourth-order valence-corrected chi connectivity index (χ4v) is 4.41. The predicted molar refractivity (Wildman–Crippen MR) is 110 cm³/mol. The third kappa shape index (κ3) is 4.94. The van der Waals surface area contributed by atoms with Crippen molar-refractivity contribution in [3.8, 4) is 0 Å². The summed E-state index contributed by atoms with van der Waals surface area (Å²) in [6.45, 7) is 8.77. The molecule has 0 amide bonds. The van der Waals surface area contributed by atoms with E-state index in [1.165, 1.54) is 48.8 Å². The number of benzene rings is 1. The highest BCUT2D eigenvalue weighted by molar-refractivity contribution is 5.25. The lowest BCUT2D eigenvalue weighted by Crippen LogP contribution is -2.45. The molecule has 2 heterocycles. The molecule has 4 nitrogen and oxygen atoms in total. The average Bonchev–Trinajstić information content (AvgIpc) is 2.72. The lowest BCUT2D eigenvalue weighted by atomic mass is 9.89. The zero-order chi connectivity index (χ0) is 18.5. The van der Waals surface area contributed by atoms with Gasteiger partial charge in [-0.05, 0) is 30.9 Å². The highest BCUT2D eigenvalue weighted by Crippen LogP contribution is 2.30. The maximum Gasteiger partial charge on any atom is 0.131 e. The first-order chi connectivity index (χ1) is 13.3. The van der Waals surface area contributed by atoms with Crippen molar-refractivity contribution >= 4 is 0 Å². The van der Waals surface area contributed by atoms with Gasteiger partial charge in [0.2, 0.25) is 0 Å². The maximum atomic E-state index is 4.70. The Balaban J connectivity index is 1.26. The highest BCUT2D eigenvalue weighted by atomic mass is 15.3. The number of rotatable bonds is 5. The summed E-state index contributed by atoms with van der Waals surface area (Å²) in [5, 5.41) is 0. The average molecular weight is 365 g/mol. The van der Waals surface area contributed by atoms with Crippen LogP contribution in [-0.4, -0.2) is 45.9 Å². The van der Waals surface area contributed by atoms with Crippen molar-refractivity contribution in [3.05, 3.63) is 59.2 Å². The fraction of sp³-hybridized carbons (Fsp3) is 0.565. The summed E-state index contributed by atoms with van der Waals surface area (Å²) in [7, 11) is 0. The van der Waals surface area contributed by atoms with Crippen LogP contribution >= 0.6 is 0 Å². The molecular weight excluding hydrogens is 332 g/mol. The molecule has 4 heteroatoms. The normalized spacial score (nSPS) is 20.0. The Bertz CT molecular complexity index is 713. The molecule has 1 aromatic carbocycles. The van der Waals surface area contributed by atoms with E-state index in [0.29, 0.717) is 5.92 Å². The van der Waals surface area contributed by atoms with E-state index in [9.17, 15) is 0 Å². The number of aryl methyl sites for hydroxylation is 1. The van der Waals surface area contributed by atoms with E-state index in [4.69, 9.17) is 9.97 Å². The van der Waals surface area contributed by atoms with Gasteiger partial charge in [-0.3, -0.25) is 9.80 Å². The Labute approximate surface area is 163 Å². The summed E-state index contributed by atoms with van der Waals surface area (Å²) in [5.74, 6) is 1.67. The number of aromatic nitrogens is 2. The largest absolute Gasteiger partial charge is 0.297 e. The van der Waals surface area contributed by atoms with Crippen molar-refractivity contribution in [1.29, 1.82) is 0 Å². The molecule has 144 valence electrons. The number of hydrogen-bond acceptors (Lipinski definition) is 4. The van der Waals surface area contributed by atoms with E-state index in [2.05, 4.69) is 53.4 Å². The first kappa shape index (κ1) is 18.6. The Morgan fingerprint density at radius 1 is 0.852 bits per heavy atom. The molecule has 1 aromatic heterocycles. The molecule has 1 aliphatic heterocycles. The Morgan fingerprint density at radius 2 is 1.48 bits per heavy atom. The molecule has 0 atom stereocenters. The van der Waals surface area contributed by atoms with Crippen molar-refractivity contribution in [2.75, 3.05) is 26.2 Å². The maximum absolute atomic E-state index is 4.70. The quantitative estimate of drug-likeness (QED) is 0.798. The van der Waals surface area contributed by atoms with Gasteiger partial charge in [-0.1, -0.05) is 43.5 Å². The van der Waals surface area contributed by atoms with E-state index >= 15 is 0 Å². The van der Waals surface area contributed by atoms with Gasteiger partial charge in [-0.15, -0.1) is 0 Å². The summed E-state index contributed by atoms with van der Waals surface area (Å²) in [6.07, 6.45) is 10.7. The number of nitrogens with zero attached hydrogens (tertiary/aromatic N) is 4. The molecule has 0 unspecified atom stereocenters. The van der Waals surface area contributed by atoms with Crippen LogP contribution < -0.4 is 0 Å². The van der Waals surface area contributed by atoms with Crippen LogP contribution in [0.2, 0.25) is 0 Å². The molecule has 2 aliphatic rings. The van der Waals surface area contributed by atoms with E-state index in [1.54, 1.807) is 0 Å². The minimum absolute atomic E-state index is 0.595. The Kier molecular flexibility index (Phi) is 6.15. The van der Waals surface area contributed by atoms with Crippen molar-refractivity contribution < 1.29 is 0 Å². The zero-order valence-electron chi connectivity index (χ0n) is 16.6. The third-order valence-corrected chi connectivity index (χ3v) is 6.22. The molecular formula is C23H32N4. The van der Waals surface area contributed by atoms with Gasteiger partial charge in [0.05, 0.1) is 0 Å². The van der Waals surface area contributed by atoms with Crippen molar-refractivity contribution in [2.45, 2.75) is 58.0 Å². The second-order valence-electron chi connectivity index (χ2n) is 8.26. The molecule has 0 bridgehead atoms. The second-order valence-corrected chi connectivity index (χ2v) is 8.26. The summed E-state index contributed by atoms with van der Waals surface area (Å²) in [6, 6.07) is 8.74. The zero-order valence-corrected chi connectivity index (χ0v) is 16.6. The monoisotopic (exact) mass is 364 g/mol. The fourth-order valence-electron chi connectivity index (χ4n) is 4.41. The van der Waals surface area contributed by atoms with E-state index in [-0.39, 0.29) is 0 Å². The van der Waals surface area contributed by atoms with Gasteiger partial charge in [-0.25, -0.2) is 9.97 Å². The van der Waals surface area contributed by atoms with Crippen LogP contribution in [0.15, 0.2) is 36.7 Å². The molecule has 1 aliphatic carbocycles. The summed E-state index contributed by atoms with van der Waals surface area (Å²) in [4.78, 5) is 14.5. The molecule has 0 radical (unpaired) electrons. The molecule has 1 saturated heterocycles. The van der Waals surface area contributed by atoms with Gasteiger partial charge in [0.1, 0.15) is 5.82 Å². The van der Waals surface area contributed by atoms with Crippen LogP contribution in [-0.2, 0) is 13.1 Å². The van der Waals surface area contributed by atoms with Crippen LogP contribution in [0, 0.1) is 6.92 Å². The highest BCUT2D eigenvalue weighted by Gasteiger charge is 2.20. The van der Waals surface area contributed by atoms with Crippen LogP contribution in [0.25, 0.3) is 0 Å². The molecule has 27 heavy (non-hydrogen) atoms. The van der Waals surface area contributed by atoms with Crippen LogP contribution in [0.1, 0.15) is 60.5 Å². The molecule has 0 N–H and O–H groups in total. The van der Waals surface area contributed by atoms with Crippen LogP contribution in [0.3, 0.4) is 0 Å². The van der Waals surface area contributed by atoms with Gasteiger partial charge in [-0.2, -0.15) is 0 Å². The lowest BCUT2D eigenvalue weighted by Gasteiger charge is -2.35. The van der Waals surface area contributed by atoms with Gasteiger partial charge in [0.25, 0.3) is 0 Å². The molecule has 1 saturated carbocycles. The first-order valence-corrected chi connectivity index (χ1v) is 10.6. The third-order valence-electron chi connectivity index (χ3n) is 6.22. The smallest absolute Gasteiger partial charge is 0.131 e. The van der Waals surface area contributed by atoms with Gasteiger partial charge >= 0.3 is 0 Å². The van der Waals surface area contributed by atoms with Crippen molar-refractivity contribution in [3.63, 3.8) is 0 Å². The summed E-state index contributed by atoms with van der Waals surface area (Å²) >= 11 is 0. The second kappa shape index (κ2) is 8.94. The Morgan fingerprint density at radius 3 is 2.15 bits per heavy atom. The Hall–Kier alpha value is -1.78. The van der Waals surface area contributed by atoms with Gasteiger partial charge in [0.15, 0.2) is 0 Å². The van der Waals surface area contributed by atoms with E-state index in [1.807, 2.05) is 0 Å². The first-order valence-electron chi connectivity index (χ1n) is 10.6. The molecule has 2 aromatic rings. The van der Waals surface area contributed by atoms with Gasteiger partial charge in [0, 0.05) is 63.1 Å². The number of piperazine rings is 1. The SMILES string of the molecule is Cc1ccccc1CN1CCN(Cc2cnc(C3CCCCC3)nc2)CC1. The predicted octanol–water partition coefficient (Wildman–Crippen LogP) is 4.15. The molecule has 4 rings (SSSR count). The topological polar surface area (TPSA) is 32.3 Å². The lowest BCUT2D eigenvalue weighted by molar-refractivity contribution is 0.121. The standard InChI is InChI=1S/C23H32N4/c1-19-7-5-6-10-22(19)18-27-13-11-26(12-14-27)17-20-15-24-23(25-16-20)21-8-3-2-4-9-21/h5-7,10,15-16,21H,2-4,8-9,11-14,17-18H2,1H3.